The lowest BCUT2D eigenvalue weighted by Crippen LogP contribution is -2.22. The molecule has 0 bridgehead atoms. The van der Waals surface area contributed by atoms with Crippen molar-refractivity contribution < 1.29 is 19.1 Å². The summed E-state index contributed by atoms with van der Waals surface area (Å²) < 4.78 is 12.2. The first-order valence-electron chi connectivity index (χ1n) is 9.91. The largest absolute Gasteiger partial charge is 0.462 e. The lowest BCUT2D eigenvalue weighted by atomic mass is 10.2. The van der Waals surface area contributed by atoms with Gasteiger partial charge in [0.1, 0.15) is 11.1 Å². The summed E-state index contributed by atoms with van der Waals surface area (Å²) in [5.41, 5.74) is 2.74. The minimum atomic E-state index is -0.759. The topological polar surface area (TPSA) is 74.6 Å². The number of hydrogen-bond donors (Lipinski definition) is 0. The minimum Gasteiger partial charge on any atom is -0.462 e. The number of benzene rings is 1. The van der Waals surface area contributed by atoms with E-state index in [1.54, 1.807) is 13.8 Å². The van der Waals surface area contributed by atoms with Crippen molar-refractivity contribution in [1.82, 2.24) is 4.57 Å². The molecular weight excluding hydrogens is 382 g/mol. The normalized spacial score (nSPS) is 10.8. The number of aryl methyl sites for hydroxylation is 3. The molecule has 0 N–H and O–H groups in total. The summed E-state index contributed by atoms with van der Waals surface area (Å²) in [4.78, 5) is 38.0. The number of rotatable bonds is 5. The summed E-state index contributed by atoms with van der Waals surface area (Å²) >= 11 is 0. The number of esters is 2. The number of nitrogens with zero attached hydrogens (tertiary/aromatic N) is 1. The Morgan fingerprint density at radius 1 is 0.800 bits per heavy atom. The van der Waals surface area contributed by atoms with Crippen molar-refractivity contribution in [2.45, 2.75) is 34.6 Å². The Morgan fingerprint density at radius 3 is 1.63 bits per heavy atom. The van der Waals surface area contributed by atoms with Gasteiger partial charge in [-0.25, -0.2) is 9.59 Å². The van der Waals surface area contributed by atoms with Gasteiger partial charge in [0.15, 0.2) is 0 Å². The molecule has 3 aromatic rings. The van der Waals surface area contributed by atoms with Crippen LogP contribution in [0.4, 0.5) is 0 Å². The number of ether oxygens (including phenoxy) is 2. The van der Waals surface area contributed by atoms with Crippen molar-refractivity contribution in [3.63, 3.8) is 0 Å². The molecule has 0 saturated carbocycles. The lowest BCUT2D eigenvalue weighted by molar-refractivity contribution is 0.0523. The van der Waals surface area contributed by atoms with Crippen LogP contribution >= 0.6 is 0 Å². The maximum absolute atomic E-state index is 13.0. The van der Waals surface area contributed by atoms with E-state index in [0.29, 0.717) is 10.8 Å². The zero-order valence-electron chi connectivity index (χ0n) is 17.9. The molecule has 2 aromatic carbocycles. The van der Waals surface area contributed by atoms with E-state index in [9.17, 15) is 14.4 Å². The Hall–Kier alpha value is -3.41. The molecule has 1 aromatic heterocycles. The second-order valence-electron chi connectivity index (χ2n) is 7.06. The van der Waals surface area contributed by atoms with Crippen molar-refractivity contribution in [2.24, 2.45) is 0 Å². The van der Waals surface area contributed by atoms with Gasteiger partial charge in [-0.2, -0.15) is 0 Å². The Bertz CT molecular complexity index is 1120. The summed E-state index contributed by atoms with van der Waals surface area (Å²) in [5.74, 6) is -1.52. The molecule has 0 aliphatic rings. The first-order valence-corrected chi connectivity index (χ1v) is 9.91. The number of aromatic nitrogens is 1. The van der Waals surface area contributed by atoms with Crippen molar-refractivity contribution in [3.05, 3.63) is 74.7 Å². The average Bonchev–Trinajstić information content (AvgIpc) is 2.84. The number of fused-ring (bicyclic) bond motifs is 1. The summed E-state index contributed by atoms with van der Waals surface area (Å²) in [6, 6.07) is 11.1. The minimum absolute atomic E-state index is 0.122. The molecule has 0 aliphatic carbocycles. The highest BCUT2D eigenvalue weighted by Gasteiger charge is 2.22. The van der Waals surface area contributed by atoms with Gasteiger partial charge < -0.3 is 14.0 Å². The van der Waals surface area contributed by atoms with E-state index in [-0.39, 0.29) is 24.3 Å². The van der Waals surface area contributed by atoms with Gasteiger partial charge in [-0.3, -0.25) is 4.79 Å². The lowest BCUT2D eigenvalue weighted by Gasteiger charge is -2.10. The molecule has 30 heavy (non-hydrogen) atoms. The summed E-state index contributed by atoms with van der Waals surface area (Å²) in [6.07, 6.45) is 0. The molecule has 6 heteroatoms. The van der Waals surface area contributed by atoms with Crippen LogP contribution in [0.25, 0.3) is 16.5 Å². The van der Waals surface area contributed by atoms with E-state index in [0.717, 1.165) is 22.6 Å². The van der Waals surface area contributed by atoms with E-state index in [1.807, 2.05) is 49.6 Å². The molecule has 0 aliphatic heterocycles. The molecular formula is C24H25NO5. The Balaban J connectivity index is 2.41. The third-order valence-electron chi connectivity index (χ3n) is 5.09. The quantitative estimate of drug-likeness (QED) is 0.591. The van der Waals surface area contributed by atoms with Crippen LogP contribution in [0, 0.1) is 20.8 Å². The molecule has 1 heterocycles. The van der Waals surface area contributed by atoms with Crippen LogP contribution in [-0.4, -0.2) is 29.7 Å². The Labute approximate surface area is 175 Å². The molecule has 156 valence electrons. The molecule has 0 atom stereocenters. The van der Waals surface area contributed by atoms with Crippen LogP contribution < -0.4 is 5.43 Å². The Kier molecular flexibility index (Phi) is 6.06. The smallest absolute Gasteiger partial charge is 0.342 e. The monoisotopic (exact) mass is 407 g/mol. The Morgan fingerprint density at radius 2 is 1.23 bits per heavy atom. The van der Waals surface area contributed by atoms with Gasteiger partial charge in [0.2, 0.25) is 5.43 Å². The molecule has 3 rings (SSSR count). The molecule has 0 amide bonds. The number of carbonyl (C=O) groups is 2. The van der Waals surface area contributed by atoms with E-state index >= 15 is 0 Å². The fourth-order valence-electron chi connectivity index (χ4n) is 3.61. The van der Waals surface area contributed by atoms with Crippen LogP contribution in [0.15, 0.2) is 41.2 Å². The van der Waals surface area contributed by atoms with Gasteiger partial charge in [0.25, 0.3) is 0 Å². The van der Waals surface area contributed by atoms with Crippen LogP contribution in [0.2, 0.25) is 0 Å². The molecule has 0 fully saturated rings. The second-order valence-corrected chi connectivity index (χ2v) is 7.06. The highest BCUT2D eigenvalue weighted by molar-refractivity contribution is 6.01. The summed E-state index contributed by atoms with van der Waals surface area (Å²) in [7, 11) is 0. The van der Waals surface area contributed by atoms with Gasteiger partial charge in [-0.05, 0) is 58.9 Å². The van der Waals surface area contributed by atoms with Crippen LogP contribution in [0.5, 0.6) is 0 Å². The van der Waals surface area contributed by atoms with Gasteiger partial charge in [0, 0.05) is 27.8 Å². The standard InChI is InChI=1S/C24H25NO5/c1-6-29-23(27)20-12-18-15(4)25(17-10-8-14(3)9-11-17)16(5)19(18)13-21(22(20)26)24(28)30-7-2/h8-13H,6-7H2,1-5H3. The number of carbonyl (C=O) groups excluding carboxylic acids is 2. The molecule has 0 spiro atoms. The zero-order chi connectivity index (χ0) is 22.0. The van der Waals surface area contributed by atoms with Crippen molar-refractivity contribution in [2.75, 3.05) is 13.2 Å². The van der Waals surface area contributed by atoms with Crippen molar-refractivity contribution in [3.8, 4) is 5.69 Å². The van der Waals surface area contributed by atoms with E-state index in [4.69, 9.17) is 9.47 Å². The fraction of sp³-hybridized carbons (Fsp3) is 0.292. The highest BCUT2D eigenvalue weighted by Crippen LogP contribution is 2.29. The number of hydrogen-bond acceptors (Lipinski definition) is 5. The first kappa shape index (κ1) is 21.3. The predicted octanol–water partition coefficient (Wildman–Crippen LogP) is 4.27. The average molecular weight is 407 g/mol. The SMILES string of the molecule is CCOC(=O)c1cc2c(C)n(-c3ccc(C)cc3)c(C)c2cc(C(=O)OCC)c1=O. The summed E-state index contributed by atoms with van der Waals surface area (Å²) in [6.45, 7) is 9.42. The van der Waals surface area contributed by atoms with E-state index in [2.05, 4.69) is 0 Å². The fourth-order valence-corrected chi connectivity index (χ4v) is 3.61. The molecule has 6 nitrogen and oxygen atoms in total. The third kappa shape index (κ3) is 3.73. The zero-order valence-corrected chi connectivity index (χ0v) is 17.9. The maximum atomic E-state index is 13.0. The van der Waals surface area contributed by atoms with Gasteiger partial charge in [0.05, 0.1) is 13.2 Å². The van der Waals surface area contributed by atoms with Gasteiger partial charge >= 0.3 is 11.9 Å². The van der Waals surface area contributed by atoms with Gasteiger partial charge in [-0.15, -0.1) is 0 Å². The highest BCUT2D eigenvalue weighted by atomic mass is 16.5. The maximum Gasteiger partial charge on any atom is 0.342 e. The van der Waals surface area contributed by atoms with Crippen molar-refractivity contribution in [1.29, 1.82) is 0 Å². The summed E-state index contributed by atoms with van der Waals surface area (Å²) in [5, 5.41) is 1.40. The van der Waals surface area contributed by atoms with E-state index < -0.39 is 17.4 Å². The molecule has 0 radical (unpaired) electrons. The van der Waals surface area contributed by atoms with E-state index in [1.165, 1.54) is 12.1 Å². The van der Waals surface area contributed by atoms with Crippen LogP contribution in [0.1, 0.15) is 51.5 Å². The van der Waals surface area contributed by atoms with Crippen molar-refractivity contribution >= 4 is 22.7 Å². The predicted molar refractivity (Wildman–Crippen MR) is 116 cm³/mol. The molecule has 0 unspecified atom stereocenters. The van der Waals surface area contributed by atoms with Crippen LogP contribution in [-0.2, 0) is 9.47 Å². The second kappa shape index (κ2) is 8.53. The molecule has 0 saturated heterocycles. The third-order valence-corrected chi connectivity index (χ3v) is 5.09. The van der Waals surface area contributed by atoms with Crippen LogP contribution in [0.3, 0.4) is 0 Å². The first-order chi connectivity index (χ1) is 14.3. The van der Waals surface area contributed by atoms with Gasteiger partial charge in [-0.1, -0.05) is 17.7 Å².